The van der Waals surface area contributed by atoms with Gasteiger partial charge in [-0.3, -0.25) is 0 Å². The molecule has 0 saturated heterocycles. The zero-order valence-electron chi connectivity index (χ0n) is 14.2. The van der Waals surface area contributed by atoms with Crippen LogP contribution in [0.1, 0.15) is 44.5 Å². The molecule has 0 spiro atoms. The summed E-state index contributed by atoms with van der Waals surface area (Å²) in [6.45, 7) is 12.4. The number of ether oxygens (including phenoxy) is 1. The van der Waals surface area contributed by atoms with Crippen molar-refractivity contribution in [1.82, 2.24) is 4.90 Å². The topological polar surface area (TPSA) is 49.8 Å². The van der Waals surface area contributed by atoms with Crippen LogP contribution in [0.25, 0.3) is 0 Å². The van der Waals surface area contributed by atoms with Crippen molar-refractivity contribution in [3.05, 3.63) is 29.8 Å². The normalized spacial score (nSPS) is 11.4. The summed E-state index contributed by atoms with van der Waals surface area (Å²) in [5.74, 6) is 1.09. The van der Waals surface area contributed by atoms with Gasteiger partial charge in [-0.05, 0) is 42.5 Å². The molecule has 0 bridgehead atoms. The molecule has 4 heteroatoms. The van der Waals surface area contributed by atoms with Crippen LogP contribution in [-0.4, -0.2) is 42.2 Å². The quantitative estimate of drug-likeness (QED) is 0.560. The molecule has 0 aliphatic carbocycles. The highest BCUT2D eigenvalue weighted by molar-refractivity contribution is 5.89. The van der Waals surface area contributed by atoms with Gasteiger partial charge in [-0.25, -0.2) is 4.79 Å². The molecule has 0 aliphatic rings. The number of phenols is 1. The molecule has 0 atom stereocenters. The summed E-state index contributed by atoms with van der Waals surface area (Å²) in [5, 5.41) is 9.20. The molecule has 4 nitrogen and oxygen atoms in total. The van der Waals surface area contributed by atoms with Crippen molar-refractivity contribution < 1.29 is 14.6 Å². The van der Waals surface area contributed by atoms with Gasteiger partial charge in [0.25, 0.3) is 0 Å². The first kappa shape index (κ1) is 18.5. The Hall–Kier alpha value is -1.55. The summed E-state index contributed by atoms with van der Waals surface area (Å²) in [7, 11) is 0. The van der Waals surface area contributed by atoms with E-state index in [1.54, 1.807) is 12.1 Å². The Morgan fingerprint density at radius 3 is 2.14 bits per heavy atom. The van der Waals surface area contributed by atoms with E-state index in [1.165, 1.54) is 12.1 Å². The lowest BCUT2D eigenvalue weighted by atomic mass is 10.1. The molecule has 0 heterocycles. The molecule has 0 amide bonds. The van der Waals surface area contributed by atoms with Crippen molar-refractivity contribution in [1.29, 1.82) is 0 Å². The SMILES string of the molecule is CC(C)CN(CCCOC(=O)c1ccc(O)cc1)CC(C)C. The summed E-state index contributed by atoms with van der Waals surface area (Å²) < 4.78 is 5.28. The van der Waals surface area contributed by atoms with Crippen LogP contribution in [-0.2, 0) is 4.74 Å². The van der Waals surface area contributed by atoms with E-state index in [0.29, 0.717) is 24.0 Å². The number of esters is 1. The molecule has 0 fully saturated rings. The maximum atomic E-state index is 11.8. The third-order valence-corrected chi connectivity index (χ3v) is 3.20. The van der Waals surface area contributed by atoms with Crippen LogP contribution < -0.4 is 0 Å². The van der Waals surface area contributed by atoms with E-state index in [-0.39, 0.29) is 11.7 Å². The molecule has 0 unspecified atom stereocenters. The highest BCUT2D eigenvalue weighted by Crippen LogP contribution is 2.11. The Balaban J connectivity index is 2.32. The maximum absolute atomic E-state index is 11.8. The second kappa shape index (κ2) is 9.46. The summed E-state index contributed by atoms with van der Waals surface area (Å²) in [4.78, 5) is 14.3. The third-order valence-electron chi connectivity index (χ3n) is 3.20. The first-order valence-corrected chi connectivity index (χ1v) is 8.07. The van der Waals surface area contributed by atoms with Crippen molar-refractivity contribution in [3.63, 3.8) is 0 Å². The second-order valence-electron chi connectivity index (χ2n) is 6.58. The second-order valence-corrected chi connectivity index (χ2v) is 6.58. The van der Waals surface area contributed by atoms with Crippen LogP contribution in [0.5, 0.6) is 5.75 Å². The molecular formula is C18H29NO3. The summed E-state index contributed by atoms with van der Waals surface area (Å²) >= 11 is 0. The molecule has 124 valence electrons. The Labute approximate surface area is 134 Å². The molecule has 0 aliphatic heterocycles. The van der Waals surface area contributed by atoms with Gasteiger partial charge >= 0.3 is 5.97 Å². The van der Waals surface area contributed by atoms with Crippen LogP contribution in [0, 0.1) is 11.8 Å². The van der Waals surface area contributed by atoms with Gasteiger partial charge in [0.2, 0.25) is 0 Å². The zero-order valence-corrected chi connectivity index (χ0v) is 14.2. The van der Waals surface area contributed by atoms with Gasteiger partial charge in [-0.15, -0.1) is 0 Å². The smallest absolute Gasteiger partial charge is 0.338 e. The molecule has 0 saturated carbocycles. The highest BCUT2D eigenvalue weighted by Gasteiger charge is 2.10. The lowest BCUT2D eigenvalue weighted by Gasteiger charge is -2.25. The van der Waals surface area contributed by atoms with Crippen LogP contribution >= 0.6 is 0 Å². The van der Waals surface area contributed by atoms with Crippen molar-refractivity contribution >= 4 is 5.97 Å². The monoisotopic (exact) mass is 307 g/mol. The number of rotatable bonds is 9. The lowest BCUT2D eigenvalue weighted by molar-refractivity contribution is 0.0484. The van der Waals surface area contributed by atoms with E-state index >= 15 is 0 Å². The number of carbonyl (C=O) groups excluding carboxylic acids is 1. The fourth-order valence-electron chi connectivity index (χ4n) is 2.42. The minimum atomic E-state index is -0.334. The van der Waals surface area contributed by atoms with E-state index in [4.69, 9.17) is 4.74 Å². The Morgan fingerprint density at radius 2 is 1.64 bits per heavy atom. The molecule has 0 radical (unpaired) electrons. The van der Waals surface area contributed by atoms with Gasteiger partial charge in [-0.1, -0.05) is 27.7 Å². The standard InChI is InChI=1S/C18H29NO3/c1-14(2)12-19(13-15(3)4)10-5-11-22-18(21)16-6-8-17(20)9-7-16/h6-9,14-15,20H,5,10-13H2,1-4H3. The molecule has 1 rings (SSSR count). The largest absolute Gasteiger partial charge is 0.508 e. The molecule has 1 N–H and O–H groups in total. The first-order valence-electron chi connectivity index (χ1n) is 8.07. The minimum absolute atomic E-state index is 0.148. The highest BCUT2D eigenvalue weighted by atomic mass is 16.5. The Kier molecular flexibility index (Phi) is 7.96. The van der Waals surface area contributed by atoms with Crippen LogP contribution in [0.3, 0.4) is 0 Å². The summed E-state index contributed by atoms with van der Waals surface area (Å²) in [6, 6.07) is 6.12. The number of nitrogens with zero attached hydrogens (tertiary/aromatic N) is 1. The van der Waals surface area contributed by atoms with E-state index in [1.807, 2.05) is 0 Å². The molecule has 1 aromatic carbocycles. The van der Waals surface area contributed by atoms with Crippen molar-refractivity contribution in [2.75, 3.05) is 26.2 Å². The van der Waals surface area contributed by atoms with Crippen molar-refractivity contribution in [2.24, 2.45) is 11.8 Å². The predicted octanol–water partition coefficient (Wildman–Crippen LogP) is 3.55. The maximum Gasteiger partial charge on any atom is 0.338 e. The summed E-state index contributed by atoms with van der Waals surface area (Å²) in [5.41, 5.74) is 0.471. The zero-order chi connectivity index (χ0) is 16.5. The average Bonchev–Trinajstić information content (AvgIpc) is 2.42. The fourth-order valence-corrected chi connectivity index (χ4v) is 2.42. The number of hydrogen-bond donors (Lipinski definition) is 1. The number of carbonyl (C=O) groups is 1. The van der Waals surface area contributed by atoms with Gasteiger partial charge in [0.1, 0.15) is 5.75 Å². The van der Waals surface area contributed by atoms with Crippen LogP contribution in [0.4, 0.5) is 0 Å². The third kappa shape index (κ3) is 7.46. The molecular weight excluding hydrogens is 278 g/mol. The molecule has 22 heavy (non-hydrogen) atoms. The van der Waals surface area contributed by atoms with E-state index in [9.17, 15) is 9.90 Å². The first-order chi connectivity index (χ1) is 10.4. The average molecular weight is 307 g/mol. The number of aromatic hydroxyl groups is 1. The van der Waals surface area contributed by atoms with Crippen LogP contribution in [0.2, 0.25) is 0 Å². The Morgan fingerprint density at radius 1 is 1.09 bits per heavy atom. The minimum Gasteiger partial charge on any atom is -0.508 e. The Bertz CT molecular complexity index is 430. The van der Waals surface area contributed by atoms with Crippen LogP contribution in [0.15, 0.2) is 24.3 Å². The van der Waals surface area contributed by atoms with E-state index in [0.717, 1.165) is 26.1 Å². The number of hydrogen-bond acceptors (Lipinski definition) is 4. The van der Waals surface area contributed by atoms with E-state index in [2.05, 4.69) is 32.6 Å². The van der Waals surface area contributed by atoms with Crippen molar-refractivity contribution in [3.8, 4) is 5.75 Å². The molecule has 1 aromatic rings. The van der Waals surface area contributed by atoms with Gasteiger partial charge < -0.3 is 14.7 Å². The van der Waals surface area contributed by atoms with Gasteiger partial charge in [-0.2, -0.15) is 0 Å². The fraction of sp³-hybridized carbons (Fsp3) is 0.611. The number of phenolic OH excluding ortho intramolecular Hbond substituents is 1. The molecule has 0 aromatic heterocycles. The van der Waals surface area contributed by atoms with Gasteiger partial charge in [0.05, 0.1) is 12.2 Å². The van der Waals surface area contributed by atoms with E-state index < -0.39 is 0 Å². The number of benzene rings is 1. The van der Waals surface area contributed by atoms with Crippen molar-refractivity contribution in [2.45, 2.75) is 34.1 Å². The van der Waals surface area contributed by atoms with Gasteiger partial charge in [0, 0.05) is 19.6 Å². The van der Waals surface area contributed by atoms with Gasteiger partial charge in [0.15, 0.2) is 0 Å². The predicted molar refractivity (Wildman–Crippen MR) is 89.1 cm³/mol. The lowest BCUT2D eigenvalue weighted by Crippen LogP contribution is -2.32. The summed E-state index contributed by atoms with van der Waals surface area (Å²) in [6.07, 6.45) is 0.837.